The minimum atomic E-state index is -0.415. The van der Waals surface area contributed by atoms with Crippen LogP contribution in [0.25, 0.3) is 0 Å². The third-order valence-corrected chi connectivity index (χ3v) is 2.14. The number of carbonyl (C=O) groups excluding carboxylic acids is 1. The minimum absolute atomic E-state index is 0.202. The van der Waals surface area contributed by atoms with E-state index in [1.54, 1.807) is 24.5 Å². The molecule has 3 rings (SSSR count). The maximum absolute atomic E-state index is 11.6. The molecule has 2 aliphatic heterocycles. The number of amides is 1. The first-order chi connectivity index (χ1) is 7.84. The van der Waals surface area contributed by atoms with Gasteiger partial charge in [0.2, 0.25) is 0 Å². The van der Waals surface area contributed by atoms with Crippen molar-refractivity contribution in [3.8, 4) is 0 Å². The first-order valence-corrected chi connectivity index (χ1v) is 4.58. The monoisotopic (exact) mass is 211 g/mol. The maximum Gasteiger partial charge on any atom is 0.301 e. The molecule has 0 aromatic carbocycles. The first kappa shape index (κ1) is 8.78. The van der Waals surface area contributed by atoms with Gasteiger partial charge in [-0.2, -0.15) is 10.1 Å². The summed E-state index contributed by atoms with van der Waals surface area (Å²) in [7, 11) is 0. The lowest BCUT2D eigenvalue weighted by Gasteiger charge is -2.06. The second kappa shape index (κ2) is 3.27. The quantitative estimate of drug-likeness (QED) is 0.667. The molecule has 1 amide bonds. The Morgan fingerprint density at radius 3 is 2.94 bits per heavy atom. The number of rotatable bonds is 1. The summed E-state index contributed by atoms with van der Waals surface area (Å²) in [5.74, 6) is -0.0678. The van der Waals surface area contributed by atoms with Crippen LogP contribution in [0.5, 0.6) is 0 Å². The molecule has 1 aromatic heterocycles. The number of hydrogen-bond acceptors (Lipinski definition) is 5. The van der Waals surface area contributed by atoms with Gasteiger partial charge >= 0.3 is 5.91 Å². The topological polar surface area (TPSA) is 79.4 Å². The van der Waals surface area contributed by atoms with E-state index >= 15 is 0 Å². The summed E-state index contributed by atoms with van der Waals surface area (Å²) in [6, 6.07) is 3.55. The van der Waals surface area contributed by atoms with E-state index < -0.39 is 5.91 Å². The normalized spacial score (nSPS) is 17.8. The third kappa shape index (κ3) is 1.28. The van der Waals surface area contributed by atoms with E-state index in [0.717, 1.165) is 0 Å². The molecule has 16 heavy (non-hydrogen) atoms. The predicted octanol–water partition coefficient (Wildman–Crippen LogP) is 0.250. The van der Waals surface area contributed by atoms with Crippen LogP contribution in [0.2, 0.25) is 0 Å². The summed E-state index contributed by atoms with van der Waals surface area (Å²) < 4.78 is 0. The largest absolute Gasteiger partial charge is 0.301 e. The Kier molecular flexibility index (Phi) is 1.79. The van der Waals surface area contributed by atoms with Crippen molar-refractivity contribution >= 4 is 29.4 Å². The molecular weight excluding hydrogens is 206 g/mol. The predicted molar refractivity (Wildman–Crippen MR) is 59.1 cm³/mol. The lowest BCUT2D eigenvalue weighted by molar-refractivity contribution is -0.111. The van der Waals surface area contributed by atoms with Crippen molar-refractivity contribution in [2.45, 2.75) is 0 Å². The van der Waals surface area contributed by atoms with Crippen LogP contribution in [0.4, 0.5) is 0 Å². The Hall–Kier alpha value is -2.50. The van der Waals surface area contributed by atoms with Crippen LogP contribution in [0.15, 0.2) is 44.7 Å². The van der Waals surface area contributed by atoms with E-state index in [1.807, 2.05) is 0 Å². The fraction of sp³-hybridized carbons (Fsp3) is 0. The van der Waals surface area contributed by atoms with Gasteiger partial charge in [-0.3, -0.25) is 9.78 Å². The molecule has 6 nitrogen and oxygen atoms in total. The van der Waals surface area contributed by atoms with E-state index in [1.165, 1.54) is 6.21 Å². The number of pyridine rings is 1. The Bertz CT molecular complexity index is 582. The summed E-state index contributed by atoms with van der Waals surface area (Å²) >= 11 is 0. The molecule has 0 radical (unpaired) electrons. The second-order valence-electron chi connectivity index (χ2n) is 3.17. The maximum atomic E-state index is 11.6. The summed E-state index contributed by atoms with van der Waals surface area (Å²) in [4.78, 5) is 23.5. The Balaban J connectivity index is 2.09. The highest BCUT2D eigenvalue weighted by Gasteiger charge is 2.26. The summed E-state index contributed by atoms with van der Waals surface area (Å²) in [6.07, 6.45) is 4.69. The van der Waals surface area contributed by atoms with Crippen LogP contribution in [0, 0.1) is 0 Å². The van der Waals surface area contributed by atoms with Crippen molar-refractivity contribution in [1.29, 1.82) is 0 Å². The summed E-state index contributed by atoms with van der Waals surface area (Å²) in [5.41, 5.74) is 1.36. The Morgan fingerprint density at radius 1 is 1.19 bits per heavy atom. The van der Waals surface area contributed by atoms with E-state index in [4.69, 9.17) is 0 Å². The van der Waals surface area contributed by atoms with Gasteiger partial charge in [0.1, 0.15) is 5.71 Å². The Labute approximate surface area is 90.2 Å². The van der Waals surface area contributed by atoms with Gasteiger partial charge in [0.05, 0.1) is 6.21 Å². The van der Waals surface area contributed by atoms with Crippen molar-refractivity contribution in [3.63, 3.8) is 0 Å². The molecule has 76 valence electrons. The van der Waals surface area contributed by atoms with E-state index in [-0.39, 0.29) is 5.71 Å². The number of hydrogen-bond donors (Lipinski definition) is 0. The van der Waals surface area contributed by atoms with E-state index in [0.29, 0.717) is 17.1 Å². The molecule has 0 N–H and O–H groups in total. The molecule has 0 atom stereocenters. The standard InChI is InChI=1S/C10H5N5O/c16-10-8-7(5-12-15-8)13-9(14-10)6-2-1-3-11-4-6/h1-5H. The van der Waals surface area contributed by atoms with Crippen LogP contribution in [-0.4, -0.2) is 34.4 Å². The third-order valence-electron chi connectivity index (χ3n) is 2.14. The average molecular weight is 211 g/mol. The zero-order valence-corrected chi connectivity index (χ0v) is 8.03. The van der Waals surface area contributed by atoms with Crippen molar-refractivity contribution in [3.05, 3.63) is 30.1 Å². The molecule has 0 unspecified atom stereocenters. The zero-order valence-electron chi connectivity index (χ0n) is 8.03. The molecule has 3 heterocycles. The lowest BCUT2D eigenvalue weighted by Crippen LogP contribution is -2.27. The summed E-state index contributed by atoms with van der Waals surface area (Å²) in [6.45, 7) is 0. The number of fused-ring (bicyclic) bond motifs is 1. The van der Waals surface area contributed by atoms with Gasteiger partial charge in [-0.1, -0.05) is 0 Å². The first-order valence-electron chi connectivity index (χ1n) is 4.58. The average Bonchev–Trinajstić information content (AvgIpc) is 2.79. The van der Waals surface area contributed by atoms with Gasteiger partial charge in [0, 0.05) is 18.0 Å². The smallest absolute Gasteiger partial charge is 0.265 e. The Morgan fingerprint density at radius 2 is 2.12 bits per heavy atom. The second-order valence-corrected chi connectivity index (χ2v) is 3.17. The molecule has 2 aliphatic rings. The van der Waals surface area contributed by atoms with Crippen LogP contribution in [0.3, 0.4) is 0 Å². The van der Waals surface area contributed by atoms with Gasteiger partial charge in [-0.25, -0.2) is 4.99 Å². The fourth-order valence-electron chi connectivity index (χ4n) is 1.40. The SMILES string of the molecule is O=C1N=C(c2cccnc2)N=C2C=NN=C12. The van der Waals surface area contributed by atoms with Crippen LogP contribution < -0.4 is 0 Å². The molecule has 6 heteroatoms. The summed E-state index contributed by atoms with van der Waals surface area (Å²) in [5, 5.41) is 7.28. The molecule has 0 bridgehead atoms. The highest BCUT2D eigenvalue weighted by atomic mass is 16.1. The van der Waals surface area contributed by atoms with Gasteiger partial charge in [0.15, 0.2) is 11.5 Å². The van der Waals surface area contributed by atoms with Gasteiger partial charge in [-0.05, 0) is 12.1 Å². The van der Waals surface area contributed by atoms with Crippen molar-refractivity contribution < 1.29 is 4.79 Å². The number of nitrogens with zero attached hydrogens (tertiary/aromatic N) is 5. The van der Waals surface area contributed by atoms with Crippen molar-refractivity contribution in [2.75, 3.05) is 0 Å². The molecule has 0 fully saturated rings. The van der Waals surface area contributed by atoms with Crippen LogP contribution in [0.1, 0.15) is 5.56 Å². The molecule has 0 saturated carbocycles. The molecule has 0 aliphatic carbocycles. The molecule has 0 spiro atoms. The van der Waals surface area contributed by atoms with E-state index in [2.05, 4.69) is 25.2 Å². The number of aromatic nitrogens is 1. The van der Waals surface area contributed by atoms with Crippen molar-refractivity contribution in [1.82, 2.24) is 4.98 Å². The zero-order chi connectivity index (χ0) is 11.0. The lowest BCUT2D eigenvalue weighted by atomic mass is 10.2. The van der Waals surface area contributed by atoms with Gasteiger partial charge < -0.3 is 0 Å². The van der Waals surface area contributed by atoms with Gasteiger partial charge in [-0.15, -0.1) is 5.10 Å². The van der Waals surface area contributed by atoms with Crippen molar-refractivity contribution in [2.24, 2.45) is 20.2 Å². The number of amidine groups is 1. The van der Waals surface area contributed by atoms with E-state index in [9.17, 15) is 4.79 Å². The van der Waals surface area contributed by atoms with Gasteiger partial charge in [0.25, 0.3) is 0 Å². The minimum Gasteiger partial charge on any atom is -0.265 e. The van der Waals surface area contributed by atoms with Crippen LogP contribution in [-0.2, 0) is 4.79 Å². The molecule has 1 aromatic rings. The number of aliphatic imine (C=N–C) groups is 2. The number of carbonyl (C=O) groups is 1. The highest BCUT2D eigenvalue weighted by Crippen LogP contribution is 2.09. The fourth-order valence-corrected chi connectivity index (χ4v) is 1.40. The molecular formula is C10H5N5O. The highest BCUT2D eigenvalue weighted by molar-refractivity contribution is 6.81. The van der Waals surface area contributed by atoms with Crippen LogP contribution >= 0.6 is 0 Å². The molecule has 0 saturated heterocycles.